The predicted octanol–water partition coefficient (Wildman–Crippen LogP) is 1.31. The highest BCUT2D eigenvalue weighted by atomic mass is 16.5. The zero-order chi connectivity index (χ0) is 12.5. The molecule has 0 aliphatic carbocycles. The standard InChI is InChI=1S/C12H22N4O/c1-4-7-16(8-6-13-3)11-9-14-10-12(15-11)17-5-2/h9-10,13H,4-8H2,1-3H3. The number of hydrogen-bond acceptors (Lipinski definition) is 5. The lowest BCUT2D eigenvalue weighted by Crippen LogP contribution is -2.32. The third-order valence-electron chi connectivity index (χ3n) is 2.34. The van der Waals surface area contributed by atoms with Crippen LogP contribution in [0.4, 0.5) is 5.82 Å². The Bertz CT molecular complexity index is 319. The summed E-state index contributed by atoms with van der Waals surface area (Å²) in [6, 6.07) is 0. The van der Waals surface area contributed by atoms with E-state index in [2.05, 4.69) is 27.1 Å². The van der Waals surface area contributed by atoms with Crippen LogP contribution in [0.1, 0.15) is 20.3 Å². The van der Waals surface area contributed by atoms with Crippen LogP contribution in [0.2, 0.25) is 0 Å². The van der Waals surface area contributed by atoms with Gasteiger partial charge in [0.1, 0.15) is 0 Å². The molecular weight excluding hydrogens is 216 g/mol. The van der Waals surface area contributed by atoms with Gasteiger partial charge >= 0.3 is 0 Å². The highest BCUT2D eigenvalue weighted by Crippen LogP contribution is 2.13. The minimum atomic E-state index is 0.593. The fraction of sp³-hybridized carbons (Fsp3) is 0.667. The molecule has 1 aromatic heterocycles. The molecule has 1 heterocycles. The van der Waals surface area contributed by atoms with Crippen LogP contribution in [0, 0.1) is 0 Å². The first kappa shape index (κ1) is 13.7. The van der Waals surface area contributed by atoms with Gasteiger partial charge in [-0.05, 0) is 20.4 Å². The Kier molecular flexibility index (Phi) is 6.32. The monoisotopic (exact) mass is 238 g/mol. The van der Waals surface area contributed by atoms with Crippen molar-refractivity contribution in [2.45, 2.75) is 20.3 Å². The smallest absolute Gasteiger partial charge is 0.234 e. The van der Waals surface area contributed by atoms with E-state index in [4.69, 9.17) is 4.74 Å². The molecule has 0 bridgehead atoms. The number of anilines is 1. The maximum absolute atomic E-state index is 5.36. The quantitative estimate of drug-likeness (QED) is 0.740. The van der Waals surface area contributed by atoms with Gasteiger partial charge in [0.25, 0.3) is 0 Å². The van der Waals surface area contributed by atoms with Crippen LogP contribution >= 0.6 is 0 Å². The number of aromatic nitrogens is 2. The number of hydrogen-bond donors (Lipinski definition) is 1. The molecule has 5 heteroatoms. The number of likely N-dealkylation sites (N-methyl/N-ethyl adjacent to an activating group) is 1. The molecule has 96 valence electrons. The molecule has 0 amide bonds. The van der Waals surface area contributed by atoms with Crippen LogP contribution in [0.3, 0.4) is 0 Å². The van der Waals surface area contributed by atoms with Gasteiger partial charge in [0.15, 0.2) is 5.82 Å². The molecule has 0 saturated carbocycles. The van der Waals surface area contributed by atoms with Gasteiger partial charge in [-0.3, -0.25) is 4.98 Å². The largest absolute Gasteiger partial charge is 0.477 e. The molecule has 1 aromatic rings. The van der Waals surface area contributed by atoms with E-state index in [0.29, 0.717) is 12.5 Å². The second-order valence-electron chi connectivity index (χ2n) is 3.74. The third kappa shape index (κ3) is 4.56. The maximum Gasteiger partial charge on any atom is 0.234 e. The first-order valence-corrected chi connectivity index (χ1v) is 6.16. The second kappa shape index (κ2) is 7.84. The van der Waals surface area contributed by atoms with Crippen LogP contribution in [0.5, 0.6) is 5.88 Å². The van der Waals surface area contributed by atoms with Gasteiger partial charge in [0, 0.05) is 19.6 Å². The van der Waals surface area contributed by atoms with Gasteiger partial charge in [-0.25, -0.2) is 0 Å². The summed E-state index contributed by atoms with van der Waals surface area (Å²) in [7, 11) is 1.95. The molecule has 0 saturated heterocycles. The first-order chi connectivity index (χ1) is 8.31. The fourth-order valence-electron chi connectivity index (χ4n) is 1.57. The first-order valence-electron chi connectivity index (χ1n) is 6.16. The topological polar surface area (TPSA) is 50.3 Å². The van der Waals surface area contributed by atoms with Gasteiger partial charge in [0.05, 0.1) is 19.0 Å². The van der Waals surface area contributed by atoms with Crippen LogP contribution in [-0.2, 0) is 0 Å². The van der Waals surface area contributed by atoms with Crippen molar-refractivity contribution in [1.82, 2.24) is 15.3 Å². The van der Waals surface area contributed by atoms with E-state index in [0.717, 1.165) is 31.9 Å². The molecule has 0 radical (unpaired) electrons. The molecule has 1 rings (SSSR count). The molecule has 0 aromatic carbocycles. The Balaban J connectivity index is 2.73. The SMILES string of the molecule is CCCN(CCNC)c1cncc(OCC)n1. The van der Waals surface area contributed by atoms with E-state index in [9.17, 15) is 0 Å². The number of nitrogens with zero attached hydrogens (tertiary/aromatic N) is 3. The van der Waals surface area contributed by atoms with Gasteiger partial charge in [-0.1, -0.05) is 6.92 Å². The number of nitrogens with one attached hydrogen (secondary N) is 1. The summed E-state index contributed by atoms with van der Waals surface area (Å²) in [5.41, 5.74) is 0. The Morgan fingerprint density at radius 1 is 1.29 bits per heavy atom. The summed E-state index contributed by atoms with van der Waals surface area (Å²) in [5, 5.41) is 3.15. The summed E-state index contributed by atoms with van der Waals surface area (Å²) in [5.74, 6) is 1.48. The van der Waals surface area contributed by atoms with Crippen LogP contribution in [-0.4, -0.2) is 43.3 Å². The summed E-state index contributed by atoms with van der Waals surface area (Å²) in [6.45, 7) is 7.55. The van der Waals surface area contributed by atoms with Crippen molar-refractivity contribution in [3.63, 3.8) is 0 Å². The second-order valence-corrected chi connectivity index (χ2v) is 3.74. The normalized spacial score (nSPS) is 10.3. The van der Waals surface area contributed by atoms with Crippen LogP contribution in [0.15, 0.2) is 12.4 Å². The summed E-state index contributed by atoms with van der Waals surface area (Å²) in [6.07, 6.45) is 4.52. The molecule has 17 heavy (non-hydrogen) atoms. The molecule has 0 aliphatic rings. The fourth-order valence-corrected chi connectivity index (χ4v) is 1.57. The average Bonchev–Trinajstić information content (AvgIpc) is 2.35. The van der Waals surface area contributed by atoms with Crippen molar-refractivity contribution in [3.8, 4) is 5.88 Å². The Morgan fingerprint density at radius 3 is 2.76 bits per heavy atom. The van der Waals surface area contributed by atoms with Crippen molar-refractivity contribution < 1.29 is 4.74 Å². The molecule has 0 unspecified atom stereocenters. The lowest BCUT2D eigenvalue weighted by molar-refractivity contribution is 0.325. The third-order valence-corrected chi connectivity index (χ3v) is 2.34. The molecular formula is C12H22N4O. The van der Waals surface area contributed by atoms with Crippen molar-refractivity contribution >= 4 is 5.82 Å². The minimum Gasteiger partial charge on any atom is -0.477 e. The van der Waals surface area contributed by atoms with Gasteiger partial charge < -0.3 is 15.0 Å². The predicted molar refractivity (Wildman–Crippen MR) is 69.6 cm³/mol. The Labute approximate surface area is 103 Å². The van der Waals surface area contributed by atoms with Crippen molar-refractivity contribution in [2.75, 3.05) is 38.2 Å². The van der Waals surface area contributed by atoms with E-state index >= 15 is 0 Å². The zero-order valence-electron chi connectivity index (χ0n) is 10.9. The van der Waals surface area contributed by atoms with E-state index in [1.807, 2.05) is 14.0 Å². The molecule has 0 spiro atoms. The highest BCUT2D eigenvalue weighted by Gasteiger charge is 2.08. The van der Waals surface area contributed by atoms with Crippen LogP contribution in [0.25, 0.3) is 0 Å². The van der Waals surface area contributed by atoms with E-state index in [1.54, 1.807) is 12.4 Å². The van der Waals surface area contributed by atoms with Crippen molar-refractivity contribution in [3.05, 3.63) is 12.4 Å². The van der Waals surface area contributed by atoms with E-state index in [1.165, 1.54) is 0 Å². The van der Waals surface area contributed by atoms with Gasteiger partial charge in [-0.15, -0.1) is 0 Å². The molecule has 1 N–H and O–H groups in total. The number of ether oxygens (including phenoxy) is 1. The van der Waals surface area contributed by atoms with E-state index in [-0.39, 0.29) is 0 Å². The molecule has 5 nitrogen and oxygen atoms in total. The maximum atomic E-state index is 5.36. The summed E-state index contributed by atoms with van der Waals surface area (Å²) < 4.78 is 5.36. The molecule has 0 aliphatic heterocycles. The van der Waals surface area contributed by atoms with Crippen LogP contribution < -0.4 is 15.0 Å². The lowest BCUT2D eigenvalue weighted by Gasteiger charge is -2.22. The van der Waals surface area contributed by atoms with Crippen molar-refractivity contribution in [1.29, 1.82) is 0 Å². The Hall–Kier alpha value is -1.36. The average molecular weight is 238 g/mol. The summed E-state index contributed by atoms with van der Waals surface area (Å²) >= 11 is 0. The van der Waals surface area contributed by atoms with Gasteiger partial charge in [0.2, 0.25) is 5.88 Å². The zero-order valence-corrected chi connectivity index (χ0v) is 10.9. The molecule has 0 atom stereocenters. The number of rotatable bonds is 8. The van der Waals surface area contributed by atoms with Crippen molar-refractivity contribution in [2.24, 2.45) is 0 Å². The molecule has 0 fully saturated rings. The highest BCUT2D eigenvalue weighted by molar-refractivity contribution is 5.37. The minimum absolute atomic E-state index is 0.593. The van der Waals surface area contributed by atoms with Gasteiger partial charge in [-0.2, -0.15) is 4.98 Å². The summed E-state index contributed by atoms with van der Waals surface area (Å²) in [4.78, 5) is 10.8. The Morgan fingerprint density at radius 2 is 2.12 bits per heavy atom. The van der Waals surface area contributed by atoms with E-state index < -0.39 is 0 Å². The lowest BCUT2D eigenvalue weighted by atomic mass is 10.4.